The van der Waals surface area contributed by atoms with E-state index >= 15 is 0 Å². The van der Waals surface area contributed by atoms with Gasteiger partial charge >= 0.3 is 0 Å². The first-order chi connectivity index (χ1) is 8.97. The van der Waals surface area contributed by atoms with Crippen LogP contribution in [0.2, 0.25) is 5.02 Å². The molecule has 1 amide bonds. The fourth-order valence-electron chi connectivity index (χ4n) is 1.48. The monoisotopic (exact) mass is 283 g/mol. The second kappa shape index (κ2) is 5.24. The van der Waals surface area contributed by atoms with Crippen LogP contribution in [0.1, 0.15) is 10.4 Å². The van der Waals surface area contributed by atoms with Gasteiger partial charge in [0.25, 0.3) is 5.91 Å². The highest BCUT2D eigenvalue weighted by molar-refractivity contribution is 6.30. The zero-order chi connectivity index (χ0) is 14.0. The van der Waals surface area contributed by atoms with E-state index in [1.807, 2.05) is 0 Å². The number of nitrogens with one attached hydrogen (secondary N) is 1. The lowest BCUT2D eigenvalue weighted by Crippen LogP contribution is -2.13. The van der Waals surface area contributed by atoms with Gasteiger partial charge < -0.3 is 10.4 Å². The number of rotatable bonds is 2. The van der Waals surface area contributed by atoms with Crippen LogP contribution in [0.5, 0.6) is 5.75 Å². The van der Waals surface area contributed by atoms with Gasteiger partial charge in [-0.2, -0.15) is 0 Å². The van der Waals surface area contributed by atoms with E-state index < -0.39 is 17.5 Å². The van der Waals surface area contributed by atoms with Crippen molar-refractivity contribution in [3.8, 4) is 5.75 Å². The average molecular weight is 284 g/mol. The van der Waals surface area contributed by atoms with Gasteiger partial charge in [-0.3, -0.25) is 4.79 Å². The van der Waals surface area contributed by atoms with Gasteiger partial charge in [-0.1, -0.05) is 11.6 Å². The fraction of sp³-hybridized carbons (Fsp3) is 0. The number of aromatic hydroxyl groups is 1. The Morgan fingerprint density at radius 2 is 1.89 bits per heavy atom. The maximum atomic E-state index is 13.3. The van der Waals surface area contributed by atoms with Crippen molar-refractivity contribution in [2.24, 2.45) is 0 Å². The van der Waals surface area contributed by atoms with Crippen molar-refractivity contribution in [2.45, 2.75) is 0 Å². The summed E-state index contributed by atoms with van der Waals surface area (Å²) in [5, 5.41) is 12.0. The SMILES string of the molecule is O=C(Nc1cc(F)ccc1F)c1ccc(Cl)cc1O. The molecule has 0 heterocycles. The van der Waals surface area contributed by atoms with Crippen LogP contribution in [-0.2, 0) is 0 Å². The summed E-state index contributed by atoms with van der Waals surface area (Å²) in [6, 6.07) is 6.54. The van der Waals surface area contributed by atoms with Gasteiger partial charge in [-0.25, -0.2) is 8.78 Å². The van der Waals surface area contributed by atoms with E-state index in [0.717, 1.165) is 18.2 Å². The molecule has 0 atom stereocenters. The van der Waals surface area contributed by atoms with Crippen molar-refractivity contribution in [1.82, 2.24) is 0 Å². The van der Waals surface area contributed by atoms with E-state index in [-0.39, 0.29) is 22.0 Å². The third-order valence-corrected chi connectivity index (χ3v) is 2.62. The summed E-state index contributed by atoms with van der Waals surface area (Å²) < 4.78 is 26.3. The van der Waals surface area contributed by atoms with Crippen molar-refractivity contribution in [2.75, 3.05) is 5.32 Å². The van der Waals surface area contributed by atoms with Crippen LogP contribution in [0, 0.1) is 11.6 Å². The molecule has 0 saturated heterocycles. The molecule has 0 spiro atoms. The summed E-state index contributed by atoms with van der Waals surface area (Å²) in [6.45, 7) is 0. The lowest BCUT2D eigenvalue weighted by molar-refractivity contribution is 0.102. The van der Waals surface area contributed by atoms with Crippen LogP contribution in [0.25, 0.3) is 0 Å². The first-order valence-corrected chi connectivity index (χ1v) is 5.60. The molecule has 2 rings (SSSR count). The van der Waals surface area contributed by atoms with Crippen LogP contribution < -0.4 is 5.32 Å². The first kappa shape index (κ1) is 13.3. The number of phenolic OH excluding ortho intramolecular Hbond substituents is 1. The second-order valence-electron chi connectivity index (χ2n) is 3.74. The normalized spacial score (nSPS) is 10.3. The minimum atomic E-state index is -0.775. The zero-order valence-corrected chi connectivity index (χ0v) is 10.2. The third-order valence-electron chi connectivity index (χ3n) is 2.38. The smallest absolute Gasteiger partial charge is 0.259 e. The molecule has 0 aliphatic heterocycles. The molecule has 0 fully saturated rings. The van der Waals surface area contributed by atoms with E-state index in [1.54, 1.807) is 0 Å². The number of hydrogen-bond donors (Lipinski definition) is 2. The fourth-order valence-corrected chi connectivity index (χ4v) is 1.65. The Morgan fingerprint density at radius 3 is 2.58 bits per heavy atom. The lowest BCUT2D eigenvalue weighted by atomic mass is 10.2. The highest BCUT2D eigenvalue weighted by Crippen LogP contribution is 2.23. The largest absolute Gasteiger partial charge is 0.507 e. The molecule has 0 saturated carbocycles. The first-order valence-electron chi connectivity index (χ1n) is 5.22. The summed E-state index contributed by atoms with van der Waals surface area (Å²) >= 11 is 5.63. The quantitative estimate of drug-likeness (QED) is 0.885. The maximum Gasteiger partial charge on any atom is 0.259 e. The molecule has 3 nitrogen and oxygen atoms in total. The Kier molecular flexibility index (Phi) is 3.66. The van der Waals surface area contributed by atoms with Crippen LogP contribution in [0.4, 0.5) is 14.5 Å². The standard InChI is InChI=1S/C13H8ClF2NO2/c14-7-1-3-9(12(18)5-7)13(19)17-11-6-8(15)2-4-10(11)16/h1-6,18H,(H,17,19). The Bertz CT molecular complexity index is 647. The number of carbonyl (C=O) groups excluding carboxylic acids is 1. The average Bonchev–Trinajstić information content (AvgIpc) is 2.33. The van der Waals surface area contributed by atoms with Crippen LogP contribution in [0.15, 0.2) is 36.4 Å². The highest BCUT2D eigenvalue weighted by Gasteiger charge is 2.14. The van der Waals surface area contributed by atoms with Crippen molar-refractivity contribution >= 4 is 23.2 Å². The van der Waals surface area contributed by atoms with Gasteiger partial charge in [0.2, 0.25) is 0 Å². The summed E-state index contributed by atoms with van der Waals surface area (Å²) in [4.78, 5) is 11.8. The molecule has 0 bridgehead atoms. The number of anilines is 1. The van der Waals surface area contributed by atoms with Crippen molar-refractivity contribution in [1.29, 1.82) is 0 Å². The number of benzene rings is 2. The van der Waals surface area contributed by atoms with Crippen LogP contribution in [-0.4, -0.2) is 11.0 Å². The van der Waals surface area contributed by atoms with Gasteiger partial charge in [0.1, 0.15) is 17.4 Å². The molecular weight excluding hydrogens is 276 g/mol. The Morgan fingerprint density at radius 1 is 1.16 bits per heavy atom. The van der Waals surface area contributed by atoms with E-state index in [4.69, 9.17) is 11.6 Å². The molecule has 0 aliphatic rings. The Labute approximate surface area is 112 Å². The molecule has 0 aromatic heterocycles. The van der Waals surface area contributed by atoms with E-state index in [1.165, 1.54) is 18.2 Å². The number of phenols is 1. The van der Waals surface area contributed by atoms with Gasteiger partial charge in [0.15, 0.2) is 0 Å². The minimum absolute atomic E-state index is 0.0898. The molecule has 2 N–H and O–H groups in total. The van der Waals surface area contributed by atoms with Crippen LogP contribution >= 0.6 is 11.6 Å². The number of halogens is 3. The van der Waals surface area contributed by atoms with Gasteiger partial charge in [0, 0.05) is 11.1 Å². The molecule has 98 valence electrons. The predicted octanol–water partition coefficient (Wildman–Crippen LogP) is 3.58. The summed E-state index contributed by atoms with van der Waals surface area (Å²) in [5.41, 5.74) is -0.396. The van der Waals surface area contributed by atoms with Gasteiger partial charge in [-0.15, -0.1) is 0 Å². The zero-order valence-electron chi connectivity index (χ0n) is 9.45. The number of hydrogen-bond acceptors (Lipinski definition) is 2. The minimum Gasteiger partial charge on any atom is -0.507 e. The van der Waals surface area contributed by atoms with Crippen LogP contribution in [0.3, 0.4) is 0 Å². The van der Waals surface area contributed by atoms with Gasteiger partial charge in [0.05, 0.1) is 11.3 Å². The predicted molar refractivity (Wildman–Crippen MR) is 67.4 cm³/mol. The molecule has 0 aliphatic carbocycles. The molecule has 6 heteroatoms. The Hall–Kier alpha value is -2.14. The third kappa shape index (κ3) is 3.00. The highest BCUT2D eigenvalue weighted by atomic mass is 35.5. The maximum absolute atomic E-state index is 13.3. The molecule has 19 heavy (non-hydrogen) atoms. The molecular formula is C13H8ClF2NO2. The summed E-state index contributed by atoms with van der Waals surface area (Å²) in [7, 11) is 0. The summed E-state index contributed by atoms with van der Waals surface area (Å²) in [5.74, 6) is -2.57. The van der Waals surface area contributed by atoms with E-state index in [2.05, 4.69) is 5.32 Å². The van der Waals surface area contributed by atoms with E-state index in [9.17, 15) is 18.7 Å². The number of carbonyl (C=O) groups is 1. The topological polar surface area (TPSA) is 49.3 Å². The number of amides is 1. The van der Waals surface area contributed by atoms with E-state index in [0.29, 0.717) is 0 Å². The van der Waals surface area contributed by atoms with Crippen molar-refractivity contribution in [3.63, 3.8) is 0 Å². The summed E-state index contributed by atoms with van der Waals surface area (Å²) in [6.07, 6.45) is 0. The van der Waals surface area contributed by atoms with Gasteiger partial charge in [-0.05, 0) is 30.3 Å². The molecule has 0 unspecified atom stereocenters. The second-order valence-corrected chi connectivity index (χ2v) is 4.18. The Balaban J connectivity index is 2.28. The lowest BCUT2D eigenvalue weighted by Gasteiger charge is -2.08. The molecule has 2 aromatic rings. The molecule has 2 aromatic carbocycles. The molecule has 0 radical (unpaired) electrons. The van der Waals surface area contributed by atoms with Crippen molar-refractivity contribution < 1.29 is 18.7 Å². The van der Waals surface area contributed by atoms with Crippen molar-refractivity contribution in [3.05, 3.63) is 58.6 Å².